The lowest BCUT2D eigenvalue weighted by molar-refractivity contribution is 0.0690. The highest BCUT2D eigenvalue weighted by molar-refractivity contribution is 5.90. The quantitative estimate of drug-likeness (QED) is 0.795. The zero-order valence-electron chi connectivity index (χ0n) is 13.5. The molecule has 3 aromatic rings. The van der Waals surface area contributed by atoms with Gasteiger partial charge in [-0.05, 0) is 37.6 Å². The molecule has 1 heterocycles. The Labute approximate surface area is 139 Å². The first kappa shape index (κ1) is 15.7. The van der Waals surface area contributed by atoms with E-state index in [9.17, 15) is 9.90 Å². The van der Waals surface area contributed by atoms with E-state index in [-0.39, 0.29) is 5.69 Å². The summed E-state index contributed by atoms with van der Waals surface area (Å²) < 4.78 is 1.54. The number of benzene rings is 2. The molecule has 1 N–H and O–H groups in total. The molecule has 5 heteroatoms. The Morgan fingerprint density at radius 1 is 0.958 bits per heavy atom. The summed E-state index contributed by atoms with van der Waals surface area (Å²) in [6.07, 6.45) is 3.59. The molecule has 0 spiro atoms. The van der Waals surface area contributed by atoms with Gasteiger partial charge in [0.1, 0.15) is 5.69 Å². The topological polar surface area (TPSA) is 68.0 Å². The first-order valence-electron chi connectivity index (χ1n) is 7.55. The first-order valence-corrected chi connectivity index (χ1v) is 7.55. The van der Waals surface area contributed by atoms with Gasteiger partial charge in [0.15, 0.2) is 5.69 Å². The number of aryl methyl sites for hydroxylation is 2. The molecule has 0 amide bonds. The summed E-state index contributed by atoms with van der Waals surface area (Å²) in [6.45, 7) is 4.01. The second kappa shape index (κ2) is 6.50. The van der Waals surface area contributed by atoms with Gasteiger partial charge in [0.25, 0.3) is 0 Å². The fraction of sp³-hybridized carbons (Fsp3) is 0.105. The average Bonchev–Trinajstić information content (AvgIpc) is 2.99. The Bertz CT molecular complexity index is 891. The van der Waals surface area contributed by atoms with E-state index in [2.05, 4.69) is 10.3 Å². The maximum absolute atomic E-state index is 11.4. The molecule has 1 aromatic heterocycles. The highest BCUT2D eigenvalue weighted by Crippen LogP contribution is 2.17. The number of carbonyl (C=O) groups is 1. The van der Waals surface area contributed by atoms with Crippen molar-refractivity contribution in [1.82, 2.24) is 15.0 Å². The molecule has 5 nitrogen and oxygen atoms in total. The van der Waals surface area contributed by atoms with Crippen LogP contribution >= 0.6 is 0 Å². The molecule has 0 saturated carbocycles. The molecule has 3 rings (SSSR count). The van der Waals surface area contributed by atoms with Crippen molar-refractivity contribution >= 4 is 18.1 Å². The summed E-state index contributed by atoms with van der Waals surface area (Å²) in [5.74, 6) is -1.10. The van der Waals surface area contributed by atoms with E-state index in [1.807, 2.05) is 68.5 Å². The van der Waals surface area contributed by atoms with Crippen LogP contribution in [0.3, 0.4) is 0 Å². The number of carboxylic acid groups (broad SMARTS) is 1. The Balaban J connectivity index is 2.04. The van der Waals surface area contributed by atoms with Gasteiger partial charge in [-0.15, -0.1) is 5.10 Å². The predicted molar refractivity (Wildman–Crippen MR) is 93.2 cm³/mol. The summed E-state index contributed by atoms with van der Waals surface area (Å²) in [4.78, 5) is 11.4. The van der Waals surface area contributed by atoms with Crippen molar-refractivity contribution in [3.8, 4) is 5.69 Å². The Kier molecular flexibility index (Phi) is 4.24. The van der Waals surface area contributed by atoms with Crippen LogP contribution in [-0.2, 0) is 0 Å². The third-order valence-electron chi connectivity index (χ3n) is 3.70. The fourth-order valence-corrected chi connectivity index (χ4v) is 2.32. The molecular formula is C19H17N3O2. The third kappa shape index (κ3) is 3.25. The second-order valence-corrected chi connectivity index (χ2v) is 5.62. The van der Waals surface area contributed by atoms with Crippen molar-refractivity contribution in [3.05, 3.63) is 76.6 Å². The van der Waals surface area contributed by atoms with Crippen LogP contribution in [0.2, 0.25) is 0 Å². The first-order chi connectivity index (χ1) is 11.5. The molecule has 0 aliphatic heterocycles. The van der Waals surface area contributed by atoms with Gasteiger partial charge >= 0.3 is 5.97 Å². The number of aromatic nitrogens is 3. The van der Waals surface area contributed by atoms with Crippen molar-refractivity contribution in [1.29, 1.82) is 0 Å². The van der Waals surface area contributed by atoms with Crippen LogP contribution in [-0.4, -0.2) is 26.1 Å². The van der Waals surface area contributed by atoms with Gasteiger partial charge in [-0.1, -0.05) is 58.8 Å². The van der Waals surface area contributed by atoms with E-state index in [0.29, 0.717) is 5.69 Å². The van der Waals surface area contributed by atoms with Crippen LogP contribution in [0.15, 0.2) is 48.5 Å². The average molecular weight is 319 g/mol. The molecule has 0 aliphatic rings. The molecule has 0 bridgehead atoms. The molecule has 0 atom stereocenters. The summed E-state index contributed by atoms with van der Waals surface area (Å²) in [5, 5.41) is 17.2. The molecule has 0 unspecified atom stereocenters. The number of hydrogen-bond acceptors (Lipinski definition) is 3. The minimum atomic E-state index is -1.10. The monoisotopic (exact) mass is 319 g/mol. The van der Waals surface area contributed by atoms with Crippen molar-refractivity contribution in [2.75, 3.05) is 0 Å². The molecule has 2 aromatic carbocycles. The van der Waals surface area contributed by atoms with Gasteiger partial charge in [0.05, 0.1) is 5.69 Å². The zero-order chi connectivity index (χ0) is 17.1. The lowest BCUT2D eigenvalue weighted by atomic mass is 10.1. The highest BCUT2D eigenvalue weighted by Gasteiger charge is 2.17. The van der Waals surface area contributed by atoms with Crippen LogP contribution in [0.5, 0.6) is 0 Å². The Hall–Kier alpha value is -3.21. The van der Waals surface area contributed by atoms with Crippen LogP contribution in [0.25, 0.3) is 17.8 Å². The molecule has 24 heavy (non-hydrogen) atoms. The minimum absolute atomic E-state index is 0.0704. The highest BCUT2D eigenvalue weighted by atomic mass is 16.4. The van der Waals surface area contributed by atoms with Crippen LogP contribution in [0.4, 0.5) is 0 Å². The van der Waals surface area contributed by atoms with Crippen LogP contribution < -0.4 is 0 Å². The summed E-state index contributed by atoms with van der Waals surface area (Å²) in [6, 6.07) is 15.6. The van der Waals surface area contributed by atoms with Crippen molar-refractivity contribution in [3.63, 3.8) is 0 Å². The maximum atomic E-state index is 11.4. The summed E-state index contributed by atoms with van der Waals surface area (Å²) in [5.41, 5.74) is 4.41. The van der Waals surface area contributed by atoms with Crippen molar-refractivity contribution in [2.24, 2.45) is 0 Å². The number of hydrogen-bond donors (Lipinski definition) is 1. The normalized spacial score (nSPS) is 11.1. The second-order valence-electron chi connectivity index (χ2n) is 5.62. The van der Waals surface area contributed by atoms with Crippen molar-refractivity contribution < 1.29 is 9.90 Å². The van der Waals surface area contributed by atoms with Gasteiger partial charge in [-0.3, -0.25) is 0 Å². The molecule has 0 radical (unpaired) electrons. The summed E-state index contributed by atoms with van der Waals surface area (Å²) in [7, 11) is 0. The van der Waals surface area contributed by atoms with E-state index >= 15 is 0 Å². The molecule has 0 fully saturated rings. The fourth-order valence-electron chi connectivity index (χ4n) is 2.32. The van der Waals surface area contributed by atoms with Crippen molar-refractivity contribution in [2.45, 2.75) is 13.8 Å². The molecule has 120 valence electrons. The van der Waals surface area contributed by atoms with Gasteiger partial charge in [-0.25, -0.2) is 9.48 Å². The molecule has 0 saturated heterocycles. The van der Waals surface area contributed by atoms with E-state index < -0.39 is 5.97 Å². The smallest absolute Gasteiger partial charge is 0.358 e. The standard InChI is InChI=1S/C19H17N3O2/c1-13-3-7-15(8-4-13)9-12-17-18(19(23)24)20-21-22(17)16-10-5-14(2)6-11-16/h3-12H,1-2H3,(H,23,24)/b12-9+. The van der Waals surface area contributed by atoms with Gasteiger partial charge in [0, 0.05) is 0 Å². The van der Waals surface area contributed by atoms with E-state index in [0.717, 1.165) is 16.8 Å². The van der Waals surface area contributed by atoms with Crippen LogP contribution in [0.1, 0.15) is 32.9 Å². The van der Waals surface area contributed by atoms with E-state index in [4.69, 9.17) is 0 Å². The van der Waals surface area contributed by atoms with Crippen LogP contribution in [0, 0.1) is 13.8 Å². The number of aromatic carboxylic acids is 1. The predicted octanol–water partition coefficient (Wildman–Crippen LogP) is 3.75. The Morgan fingerprint density at radius 2 is 1.54 bits per heavy atom. The largest absolute Gasteiger partial charge is 0.476 e. The lowest BCUT2D eigenvalue weighted by Gasteiger charge is -2.04. The Morgan fingerprint density at radius 3 is 2.12 bits per heavy atom. The third-order valence-corrected chi connectivity index (χ3v) is 3.70. The van der Waals surface area contributed by atoms with Gasteiger partial charge in [-0.2, -0.15) is 0 Å². The SMILES string of the molecule is Cc1ccc(/C=C/c2c(C(=O)O)nnn2-c2ccc(C)cc2)cc1. The molecule has 0 aliphatic carbocycles. The van der Waals surface area contributed by atoms with Gasteiger partial charge < -0.3 is 5.11 Å². The number of nitrogens with zero attached hydrogens (tertiary/aromatic N) is 3. The summed E-state index contributed by atoms with van der Waals surface area (Å²) >= 11 is 0. The molecular weight excluding hydrogens is 302 g/mol. The minimum Gasteiger partial charge on any atom is -0.476 e. The van der Waals surface area contributed by atoms with Gasteiger partial charge in [0.2, 0.25) is 0 Å². The van der Waals surface area contributed by atoms with E-state index in [1.54, 1.807) is 6.08 Å². The number of carboxylic acids is 1. The maximum Gasteiger partial charge on any atom is 0.358 e. The zero-order valence-corrected chi connectivity index (χ0v) is 13.5. The lowest BCUT2D eigenvalue weighted by Crippen LogP contribution is -2.03. The van der Waals surface area contributed by atoms with E-state index in [1.165, 1.54) is 10.2 Å². The number of rotatable bonds is 4.